The summed E-state index contributed by atoms with van der Waals surface area (Å²) in [5.41, 5.74) is 0.684. The van der Waals surface area contributed by atoms with Crippen LogP contribution in [0.3, 0.4) is 0 Å². The minimum Gasteiger partial charge on any atom is -0.494 e. The Morgan fingerprint density at radius 1 is 1.07 bits per heavy atom. The summed E-state index contributed by atoms with van der Waals surface area (Å²) in [6, 6.07) is 7.13. The fourth-order valence-electron chi connectivity index (χ4n) is 5.04. The van der Waals surface area contributed by atoms with Crippen molar-refractivity contribution in [3.8, 4) is 17.0 Å². The van der Waals surface area contributed by atoms with Crippen LogP contribution in [0.25, 0.3) is 11.3 Å². The number of carbonyl (C=O) groups is 3. The third-order valence-electron chi connectivity index (χ3n) is 7.43. The number of aromatic nitrogens is 2. The average Bonchev–Trinajstić information content (AvgIpc) is 3.64. The number of hydrogen-bond acceptors (Lipinski definition) is 6. The number of imidazole rings is 1. The Balaban J connectivity index is 1.21. The van der Waals surface area contributed by atoms with E-state index in [2.05, 4.69) is 20.9 Å². The first-order valence-electron chi connectivity index (χ1n) is 13.4. The largest absolute Gasteiger partial charge is 0.494 e. The summed E-state index contributed by atoms with van der Waals surface area (Å²) in [6.45, 7) is 3.18. The van der Waals surface area contributed by atoms with E-state index in [4.69, 9.17) is 16.3 Å². The van der Waals surface area contributed by atoms with Crippen LogP contribution in [0.1, 0.15) is 27.4 Å². The molecule has 3 N–H and O–H groups in total. The zero-order chi connectivity index (χ0) is 30.0. The topological polar surface area (TPSA) is 121 Å². The van der Waals surface area contributed by atoms with E-state index in [1.165, 1.54) is 49.2 Å². The van der Waals surface area contributed by atoms with Gasteiger partial charge in [0, 0.05) is 57.1 Å². The molecule has 42 heavy (non-hydrogen) atoms. The van der Waals surface area contributed by atoms with Crippen LogP contribution in [0.15, 0.2) is 36.5 Å². The van der Waals surface area contributed by atoms with Gasteiger partial charge in [-0.3, -0.25) is 9.59 Å². The number of hydrogen-bond donors (Lipinski definition) is 3. The summed E-state index contributed by atoms with van der Waals surface area (Å²) in [6.07, 6.45) is 2.16. The molecule has 2 aromatic carbocycles. The normalized spacial score (nSPS) is 16.8. The lowest BCUT2D eigenvalue weighted by Crippen LogP contribution is -2.54. The van der Waals surface area contributed by atoms with Crippen LogP contribution in [0, 0.1) is 11.6 Å². The summed E-state index contributed by atoms with van der Waals surface area (Å²) in [5.74, 6) is -3.45. The van der Waals surface area contributed by atoms with Crippen LogP contribution in [-0.4, -0.2) is 89.6 Å². The quantitative estimate of drug-likeness (QED) is 0.399. The highest BCUT2D eigenvalue weighted by atomic mass is 35.5. The van der Waals surface area contributed by atoms with E-state index in [9.17, 15) is 23.2 Å². The van der Waals surface area contributed by atoms with Crippen LogP contribution in [0.5, 0.6) is 5.75 Å². The van der Waals surface area contributed by atoms with Gasteiger partial charge in [-0.1, -0.05) is 11.6 Å². The summed E-state index contributed by atoms with van der Waals surface area (Å²) in [5, 5.41) is 9.03. The van der Waals surface area contributed by atoms with E-state index in [0.717, 1.165) is 19.5 Å². The molecule has 0 saturated carbocycles. The van der Waals surface area contributed by atoms with Crippen LogP contribution < -0.4 is 20.7 Å². The molecule has 14 heteroatoms. The summed E-state index contributed by atoms with van der Waals surface area (Å²) >= 11 is 6.43. The van der Waals surface area contributed by atoms with Gasteiger partial charge in [0.05, 0.1) is 29.6 Å². The SMILES string of the molecule is COc1ccc(-c2cnc(C(=O)Nc3ccc(C(=O)N4CCN(C(=O)N[C@H]5CCNC5)CC4)c(Cl)c3)n2C)c(F)c1F. The molecule has 0 bridgehead atoms. The molecular weight excluding hydrogens is 572 g/mol. The number of amides is 4. The lowest BCUT2D eigenvalue weighted by atomic mass is 10.1. The maximum absolute atomic E-state index is 14.6. The second kappa shape index (κ2) is 12.3. The van der Waals surface area contributed by atoms with Crippen molar-refractivity contribution in [2.24, 2.45) is 7.05 Å². The van der Waals surface area contributed by atoms with Gasteiger partial charge >= 0.3 is 6.03 Å². The molecule has 2 aliphatic rings. The number of piperazine rings is 1. The van der Waals surface area contributed by atoms with Crippen molar-refractivity contribution >= 4 is 35.1 Å². The van der Waals surface area contributed by atoms with Crippen LogP contribution in [0.4, 0.5) is 19.3 Å². The van der Waals surface area contributed by atoms with E-state index < -0.39 is 17.5 Å². The fraction of sp³-hybridized carbons (Fsp3) is 0.357. The Morgan fingerprint density at radius 3 is 2.48 bits per heavy atom. The number of nitrogens with one attached hydrogen (secondary N) is 3. The lowest BCUT2D eigenvalue weighted by Gasteiger charge is -2.35. The number of carbonyl (C=O) groups excluding carboxylic acids is 3. The number of ether oxygens (including phenoxy) is 1. The number of methoxy groups -OCH3 is 1. The number of anilines is 1. The van der Waals surface area contributed by atoms with Crippen molar-refractivity contribution in [1.82, 2.24) is 30.0 Å². The predicted octanol–water partition coefficient (Wildman–Crippen LogP) is 3.11. The molecule has 2 saturated heterocycles. The molecule has 4 amide bonds. The number of urea groups is 1. The molecule has 2 aliphatic heterocycles. The lowest BCUT2D eigenvalue weighted by molar-refractivity contribution is 0.0664. The molecule has 222 valence electrons. The molecule has 1 atom stereocenters. The zero-order valence-corrected chi connectivity index (χ0v) is 23.8. The Kier molecular flexibility index (Phi) is 8.59. The van der Waals surface area contributed by atoms with Gasteiger partial charge in [0.2, 0.25) is 5.82 Å². The van der Waals surface area contributed by atoms with Gasteiger partial charge < -0.3 is 35.1 Å². The molecular formula is C28H30ClF2N7O4. The highest BCUT2D eigenvalue weighted by Gasteiger charge is 2.28. The first-order chi connectivity index (χ1) is 20.2. The van der Waals surface area contributed by atoms with Crippen molar-refractivity contribution in [1.29, 1.82) is 0 Å². The number of benzene rings is 2. The van der Waals surface area contributed by atoms with E-state index in [0.29, 0.717) is 31.9 Å². The number of nitrogens with zero attached hydrogens (tertiary/aromatic N) is 4. The Bertz CT molecular complexity index is 1520. The van der Waals surface area contributed by atoms with Gasteiger partial charge in [0.1, 0.15) is 0 Å². The van der Waals surface area contributed by atoms with Crippen molar-refractivity contribution in [2.75, 3.05) is 51.7 Å². The maximum Gasteiger partial charge on any atom is 0.317 e. The molecule has 11 nitrogen and oxygen atoms in total. The van der Waals surface area contributed by atoms with Crippen molar-refractivity contribution in [2.45, 2.75) is 12.5 Å². The number of rotatable bonds is 6. The highest BCUT2D eigenvalue weighted by Crippen LogP contribution is 2.30. The van der Waals surface area contributed by atoms with Gasteiger partial charge in [-0.2, -0.15) is 4.39 Å². The highest BCUT2D eigenvalue weighted by molar-refractivity contribution is 6.34. The Hall–Kier alpha value is -4.23. The summed E-state index contributed by atoms with van der Waals surface area (Å²) < 4.78 is 35.0. The van der Waals surface area contributed by atoms with E-state index in [1.54, 1.807) is 15.9 Å². The number of halogens is 3. The van der Waals surface area contributed by atoms with Crippen molar-refractivity contribution < 1.29 is 27.9 Å². The maximum atomic E-state index is 14.6. The van der Waals surface area contributed by atoms with Gasteiger partial charge in [0.25, 0.3) is 11.8 Å². The first-order valence-corrected chi connectivity index (χ1v) is 13.8. The molecule has 0 aliphatic carbocycles. The van der Waals surface area contributed by atoms with E-state index >= 15 is 0 Å². The third-order valence-corrected chi connectivity index (χ3v) is 7.75. The van der Waals surface area contributed by atoms with Crippen molar-refractivity contribution in [3.05, 3.63) is 64.6 Å². The van der Waals surface area contributed by atoms with Gasteiger partial charge in [0.15, 0.2) is 17.4 Å². The molecule has 0 radical (unpaired) electrons. The van der Waals surface area contributed by atoms with Crippen LogP contribution in [-0.2, 0) is 7.05 Å². The van der Waals surface area contributed by atoms with Crippen LogP contribution in [0.2, 0.25) is 5.02 Å². The molecule has 3 heterocycles. The third kappa shape index (κ3) is 5.88. The molecule has 0 spiro atoms. The van der Waals surface area contributed by atoms with Gasteiger partial charge in [-0.05, 0) is 43.3 Å². The predicted molar refractivity (Wildman–Crippen MR) is 152 cm³/mol. The first kappa shape index (κ1) is 29.3. The van der Waals surface area contributed by atoms with Gasteiger partial charge in [-0.25, -0.2) is 14.2 Å². The van der Waals surface area contributed by atoms with E-state index in [-0.39, 0.29) is 51.4 Å². The fourth-order valence-corrected chi connectivity index (χ4v) is 5.30. The standard InChI is InChI=1S/C28H30ClF2N7O4/c1-36-21(19-5-6-22(42-2)24(31)23(19)30)15-33-25(36)26(39)34-16-3-4-18(20(29)13-16)27(40)37-9-11-38(12-10-37)28(41)35-17-7-8-32-14-17/h3-6,13,15,17,32H,7-12,14H2,1-2H3,(H,34,39)(H,35,41)/t17-/m0/s1. The summed E-state index contributed by atoms with van der Waals surface area (Å²) in [7, 11) is 2.74. The molecule has 2 fully saturated rings. The molecule has 3 aromatic rings. The van der Waals surface area contributed by atoms with Crippen molar-refractivity contribution in [3.63, 3.8) is 0 Å². The minimum atomic E-state index is -1.14. The second-order valence-electron chi connectivity index (χ2n) is 10.0. The minimum absolute atomic E-state index is 0.0528. The van der Waals surface area contributed by atoms with E-state index in [1.807, 2.05) is 0 Å². The summed E-state index contributed by atoms with van der Waals surface area (Å²) in [4.78, 5) is 46.0. The molecule has 5 rings (SSSR count). The second-order valence-corrected chi connectivity index (χ2v) is 10.4. The average molecular weight is 602 g/mol. The Morgan fingerprint density at radius 2 is 1.81 bits per heavy atom. The van der Waals surface area contributed by atoms with Gasteiger partial charge in [-0.15, -0.1) is 0 Å². The zero-order valence-electron chi connectivity index (χ0n) is 23.0. The molecule has 0 unspecified atom stereocenters. The molecule has 1 aromatic heterocycles. The monoisotopic (exact) mass is 601 g/mol. The Labute approximate surface area is 245 Å². The van der Waals surface area contributed by atoms with Crippen LogP contribution >= 0.6 is 11.6 Å². The smallest absolute Gasteiger partial charge is 0.317 e.